The third-order valence-electron chi connectivity index (χ3n) is 10.9. The van der Waals surface area contributed by atoms with E-state index in [9.17, 15) is 19.5 Å². The molecule has 0 saturated carbocycles. The fraction of sp³-hybridized carbons (Fsp3) is 0.500. The number of benzene rings is 2. The van der Waals surface area contributed by atoms with Gasteiger partial charge in [-0.3, -0.25) is 14.5 Å². The average Bonchev–Trinajstić information content (AvgIpc) is 3.60. The Labute approximate surface area is 328 Å². The van der Waals surface area contributed by atoms with Gasteiger partial charge in [0.25, 0.3) is 0 Å². The fourth-order valence-electron chi connectivity index (χ4n) is 7.71. The number of aryl methyl sites for hydroxylation is 2. The van der Waals surface area contributed by atoms with Gasteiger partial charge in [-0.15, -0.1) is 0 Å². The summed E-state index contributed by atoms with van der Waals surface area (Å²) in [4.78, 5) is 47.0. The summed E-state index contributed by atoms with van der Waals surface area (Å²) in [5.74, 6) is -0.913. The molecule has 56 heavy (non-hydrogen) atoms. The molecule has 2 saturated heterocycles. The first-order chi connectivity index (χ1) is 26.9. The predicted octanol–water partition coefficient (Wildman–Crippen LogP) is 5.94. The molecule has 0 aliphatic carbocycles. The molecule has 2 fully saturated rings. The molecular weight excluding hydrogens is 716 g/mol. The number of amides is 3. The predicted molar refractivity (Wildman–Crippen MR) is 213 cm³/mol. The van der Waals surface area contributed by atoms with Crippen LogP contribution in [0.3, 0.4) is 0 Å². The molecule has 2 aliphatic rings. The number of rotatable bonds is 14. The van der Waals surface area contributed by atoms with E-state index in [2.05, 4.69) is 32.9 Å². The molecule has 4 aromatic rings. The second kappa shape index (κ2) is 17.8. The summed E-state index contributed by atoms with van der Waals surface area (Å²) in [5.41, 5.74) is 5.41. The van der Waals surface area contributed by atoms with Crippen molar-refractivity contribution >= 4 is 34.6 Å². The van der Waals surface area contributed by atoms with Crippen LogP contribution in [-0.4, -0.2) is 92.5 Å². The van der Waals surface area contributed by atoms with Gasteiger partial charge in [-0.2, -0.15) is 5.10 Å². The maximum absolute atomic E-state index is 15.2. The highest BCUT2D eigenvalue weighted by atomic mass is 19.1. The van der Waals surface area contributed by atoms with Crippen molar-refractivity contribution in [2.24, 2.45) is 5.41 Å². The van der Waals surface area contributed by atoms with Crippen molar-refractivity contribution in [1.29, 1.82) is 0 Å². The van der Waals surface area contributed by atoms with Crippen LogP contribution in [0.25, 0.3) is 22.2 Å². The van der Waals surface area contributed by atoms with Crippen molar-refractivity contribution in [3.63, 3.8) is 0 Å². The second-order valence-corrected chi connectivity index (χ2v) is 15.6. The number of fused-ring (bicyclic) bond motifs is 1. The Morgan fingerprint density at radius 3 is 2.52 bits per heavy atom. The number of pyridine rings is 1. The van der Waals surface area contributed by atoms with Gasteiger partial charge in [0, 0.05) is 94.4 Å². The summed E-state index contributed by atoms with van der Waals surface area (Å²) in [5, 5.41) is 24.7. The van der Waals surface area contributed by atoms with Crippen LogP contribution in [0.15, 0.2) is 48.7 Å². The molecule has 1 atom stereocenters. The number of anilines is 1. The van der Waals surface area contributed by atoms with E-state index in [-0.39, 0.29) is 49.2 Å². The van der Waals surface area contributed by atoms with Crippen LogP contribution in [0.4, 0.5) is 14.9 Å². The van der Waals surface area contributed by atoms with Gasteiger partial charge in [-0.05, 0) is 68.0 Å². The number of halogens is 1. The van der Waals surface area contributed by atoms with E-state index in [0.717, 1.165) is 51.9 Å². The number of aromatic nitrogens is 3. The Hall–Kier alpha value is -5.08. The molecular formula is C42H55FN8O5. The minimum Gasteiger partial charge on any atom is -0.465 e. The highest BCUT2D eigenvalue weighted by Gasteiger charge is 2.32. The minimum atomic E-state index is -1.01. The van der Waals surface area contributed by atoms with Crippen LogP contribution in [0.2, 0.25) is 0 Å². The van der Waals surface area contributed by atoms with Crippen LogP contribution in [0.1, 0.15) is 76.3 Å². The van der Waals surface area contributed by atoms with Crippen LogP contribution < -0.4 is 16.0 Å². The molecule has 0 unspecified atom stereocenters. The van der Waals surface area contributed by atoms with E-state index in [1.165, 1.54) is 11.0 Å². The van der Waals surface area contributed by atoms with Gasteiger partial charge >= 0.3 is 6.09 Å². The number of ether oxygens (including phenoxy) is 1. The Morgan fingerprint density at radius 1 is 1.02 bits per heavy atom. The zero-order chi connectivity index (χ0) is 40.0. The van der Waals surface area contributed by atoms with Gasteiger partial charge < -0.3 is 30.7 Å². The summed E-state index contributed by atoms with van der Waals surface area (Å²) in [6.07, 6.45) is 3.33. The van der Waals surface area contributed by atoms with Crippen molar-refractivity contribution in [1.82, 2.24) is 35.2 Å². The molecule has 3 amide bonds. The SMILES string of the molecule is CCc1nc2c(cnn2CC)c(NC2CCOCC2)c1CNC(=O)C(C)(C)CC(=O)NCc1ccc(F)c(-c2cccc(CN3CCN(C(=O)O)[C@@H](C)C3)c2)c1. The van der Waals surface area contributed by atoms with E-state index in [4.69, 9.17) is 9.72 Å². The van der Waals surface area contributed by atoms with E-state index in [1.807, 2.05) is 49.0 Å². The maximum Gasteiger partial charge on any atom is 0.407 e. The Morgan fingerprint density at radius 2 is 1.80 bits per heavy atom. The number of carbonyl (C=O) groups is 3. The lowest BCUT2D eigenvalue weighted by molar-refractivity contribution is -0.134. The standard InChI is InChI=1S/C42H55FN8O5/c1-6-36-33(38(47-31-13-17-56-18-14-31)34-24-46-51(7-2)39(34)48-36)23-45-40(53)42(4,5)21-37(52)44-22-28-11-12-35(43)32(20-28)30-10-8-9-29(19-30)26-49-15-16-50(41(54)55)27(3)25-49/h8-12,19-20,24,27,31H,6-7,13-18,21-23,25-26H2,1-5H3,(H,44,52)(H,45,53)(H,47,48)(H,54,55)/t27-/m0/s1. The molecule has 4 heterocycles. The second-order valence-electron chi connectivity index (χ2n) is 15.6. The highest BCUT2D eigenvalue weighted by molar-refractivity contribution is 5.92. The topological polar surface area (TPSA) is 154 Å². The van der Waals surface area contributed by atoms with Crippen LogP contribution in [0.5, 0.6) is 0 Å². The van der Waals surface area contributed by atoms with E-state index in [0.29, 0.717) is 63.5 Å². The molecule has 300 valence electrons. The molecule has 6 rings (SSSR count). The maximum atomic E-state index is 15.2. The zero-order valence-corrected chi connectivity index (χ0v) is 33.2. The Bertz CT molecular complexity index is 2040. The van der Waals surface area contributed by atoms with Crippen LogP contribution >= 0.6 is 0 Å². The Kier molecular flexibility index (Phi) is 12.9. The van der Waals surface area contributed by atoms with Gasteiger partial charge in [-0.1, -0.05) is 45.0 Å². The van der Waals surface area contributed by atoms with Crippen LogP contribution in [-0.2, 0) is 46.9 Å². The van der Waals surface area contributed by atoms with E-state index >= 15 is 4.39 Å². The molecule has 0 radical (unpaired) electrons. The van der Waals surface area contributed by atoms with Gasteiger partial charge in [0.05, 0.1) is 22.7 Å². The lowest BCUT2D eigenvalue weighted by Crippen LogP contribution is -2.53. The number of nitrogens with zero attached hydrogens (tertiary/aromatic N) is 5. The van der Waals surface area contributed by atoms with Gasteiger partial charge in [0.2, 0.25) is 11.8 Å². The summed E-state index contributed by atoms with van der Waals surface area (Å²) in [6.45, 7) is 14.3. The first-order valence-corrected chi connectivity index (χ1v) is 19.7. The lowest BCUT2D eigenvalue weighted by Gasteiger charge is -2.38. The number of hydrogen-bond donors (Lipinski definition) is 4. The number of carboxylic acid groups (broad SMARTS) is 1. The third kappa shape index (κ3) is 9.47. The fourth-order valence-corrected chi connectivity index (χ4v) is 7.71. The Balaban J connectivity index is 1.07. The van der Waals surface area contributed by atoms with Crippen molar-refractivity contribution in [3.05, 3.63) is 76.9 Å². The van der Waals surface area contributed by atoms with Crippen LogP contribution in [0, 0.1) is 11.2 Å². The van der Waals surface area contributed by atoms with E-state index in [1.54, 1.807) is 26.0 Å². The first-order valence-electron chi connectivity index (χ1n) is 19.7. The zero-order valence-electron chi connectivity index (χ0n) is 33.2. The summed E-state index contributed by atoms with van der Waals surface area (Å²) in [7, 11) is 0. The van der Waals surface area contributed by atoms with Crippen molar-refractivity contribution < 1.29 is 28.6 Å². The van der Waals surface area contributed by atoms with Crippen molar-refractivity contribution in [2.75, 3.05) is 38.2 Å². The quantitative estimate of drug-likeness (QED) is 0.122. The molecule has 0 spiro atoms. The summed E-state index contributed by atoms with van der Waals surface area (Å²) in [6, 6.07) is 12.6. The summed E-state index contributed by atoms with van der Waals surface area (Å²) >= 11 is 0. The summed E-state index contributed by atoms with van der Waals surface area (Å²) < 4.78 is 22.7. The molecule has 2 aliphatic heterocycles. The van der Waals surface area contributed by atoms with E-state index < -0.39 is 11.5 Å². The van der Waals surface area contributed by atoms with Gasteiger partial charge in [0.1, 0.15) is 5.82 Å². The van der Waals surface area contributed by atoms with Crippen molar-refractivity contribution in [2.45, 2.75) is 98.6 Å². The largest absolute Gasteiger partial charge is 0.465 e. The normalized spacial score (nSPS) is 16.9. The first kappa shape index (κ1) is 40.6. The number of carbonyl (C=O) groups excluding carboxylic acids is 2. The molecule has 14 heteroatoms. The molecule has 13 nitrogen and oxygen atoms in total. The number of piperazine rings is 1. The monoisotopic (exact) mass is 770 g/mol. The van der Waals surface area contributed by atoms with Crippen molar-refractivity contribution in [3.8, 4) is 11.1 Å². The number of hydrogen-bond acceptors (Lipinski definition) is 8. The molecule has 2 aromatic carbocycles. The highest BCUT2D eigenvalue weighted by Crippen LogP contribution is 2.32. The molecule has 0 bridgehead atoms. The third-order valence-corrected chi connectivity index (χ3v) is 10.9. The van der Waals surface area contributed by atoms with Gasteiger partial charge in [-0.25, -0.2) is 18.9 Å². The lowest BCUT2D eigenvalue weighted by atomic mass is 9.87. The molecule has 2 aromatic heterocycles. The average molecular weight is 771 g/mol. The number of nitrogens with one attached hydrogen (secondary N) is 3. The van der Waals surface area contributed by atoms with Gasteiger partial charge in [0.15, 0.2) is 5.65 Å². The minimum absolute atomic E-state index is 0.0390. The molecule has 4 N–H and O–H groups in total. The smallest absolute Gasteiger partial charge is 0.407 e.